The normalized spacial score (nSPS) is 22.2. The highest BCUT2D eigenvalue weighted by Crippen LogP contribution is 2.29. The molecule has 1 atom stereocenters. The van der Waals surface area contributed by atoms with Gasteiger partial charge in [-0.2, -0.15) is 13.2 Å². The summed E-state index contributed by atoms with van der Waals surface area (Å²) >= 11 is 0. The zero-order valence-electron chi connectivity index (χ0n) is 12.2. The van der Waals surface area contributed by atoms with E-state index in [9.17, 15) is 13.2 Å². The molecule has 0 amide bonds. The molecule has 0 radical (unpaired) electrons. The van der Waals surface area contributed by atoms with Crippen molar-refractivity contribution >= 4 is 0 Å². The molecule has 1 aliphatic heterocycles. The molecule has 21 heavy (non-hydrogen) atoms. The van der Waals surface area contributed by atoms with Gasteiger partial charge in [0.2, 0.25) is 0 Å². The van der Waals surface area contributed by atoms with Crippen LogP contribution in [-0.4, -0.2) is 31.4 Å². The van der Waals surface area contributed by atoms with E-state index in [2.05, 4.69) is 5.32 Å². The molecule has 1 aliphatic rings. The van der Waals surface area contributed by atoms with Crippen LogP contribution in [0, 0.1) is 0 Å². The number of halogens is 3. The Morgan fingerprint density at radius 2 is 2.14 bits per heavy atom. The van der Waals surface area contributed by atoms with Gasteiger partial charge in [-0.05, 0) is 31.5 Å². The van der Waals surface area contributed by atoms with E-state index in [0.717, 1.165) is 18.7 Å². The first-order chi connectivity index (χ1) is 9.76. The Hall–Kier alpha value is -1.11. The summed E-state index contributed by atoms with van der Waals surface area (Å²) in [6.45, 7) is 5.93. The average Bonchev–Trinajstić information content (AvgIpc) is 2.37. The largest absolute Gasteiger partial charge is 0.416 e. The van der Waals surface area contributed by atoms with Crippen LogP contribution in [0.1, 0.15) is 25.0 Å². The van der Waals surface area contributed by atoms with Crippen LogP contribution in [-0.2, 0) is 22.3 Å². The fraction of sp³-hybridized carbons (Fsp3) is 0.600. The smallest absolute Gasteiger partial charge is 0.374 e. The number of benzene rings is 1. The van der Waals surface area contributed by atoms with Gasteiger partial charge in [-0.15, -0.1) is 0 Å². The summed E-state index contributed by atoms with van der Waals surface area (Å²) in [6, 6.07) is 5.19. The Morgan fingerprint density at radius 3 is 2.81 bits per heavy atom. The zero-order chi connectivity index (χ0) is 15.5. The summed E-state index contributed by atoms with van der Waals surface area (Å²) in [5.41, 5.74) is -0.393. The van der Waals surface area contributed by atoms with Gasteiger partial charge in [0.1, 0.15) is 0 Å². The van der Waals surface area contributed by atoms with Crippen LogP contribution in [0.5, 0.6) is 0 Å². The average molecular weight is 303 g/mol. The van der Waals surface area contributed by atoms with Gasteiger partial charge < -0.3 is 14.8 Å². The minimum atomic E-state index is -4.32. The molecule has 1 aromatic rings. The van der Waals surface area contributed by atoms with E-state index in [0.29, 0.717) is 18.7 Å². The summed E-state index contributed by atoms with van der Waals surface area (Å²) in [7, 11) is 0. The van der Waals surface area contributed by atoms with Crippen LogP contribution in [0.2, 0.25) is 0 Å². The first-order valence-electron chi connectivity index (χ1n) is 6.89. The van der Waals surface area contributed by atoms with E-state index in [1.807, 2.05) is 13.8 Å². The third-order valence-corrected chi connectivity index (χ3v) is 3.24. The molecule has 1 aromatic carbocycles. The topological polar surface area (TPSA) is 30.5 Å². The quantitative estimate of drug-likeness (QED) is 0.927. The summed E-state index contributed by atoms with van der Waals surface area (Å²) in [4.78, 5) is 0. The maximum atomic E-state index is 12.6. The summed E-state index contributed by atoms with van der Waals surface area (Å²) < 4.78 is 49.1. The van der Waals surface area contributed by atoms with Crippen molar-refractivity contribution < 1.29 is 22.6 Å². The summed E-state index contributed by atoms with van der Waals surface area (Å²) in [5, 5.41) is 3.25. The van der Waals surface area contributed by atoms with Crippen molar-refractivity contribution in [1.29, 1.82) is 0 Å². The first kappa shape index (κ1) is 16.3. The van der Waals surface area contributed by atoms with Gasteiger partial charge in [-0.3, -0.25) is 0 Å². The molecular weight excluding hydrogens is 283 g/mol. The van der Waals surface area contributed by atoms with Gasteiger partial charge >= 0.3 is 6.18 Å². The highest BCUT2D eigenvalue weighted by atomic mass is 19.4. The highest BCUT2D eigenvalue weighted by Gasteiger charge is 2.30. The summed E-state index contributed by atoms with van der Waals surface area (Å²) in [6.07, 6.45) is -4.41. The molecular formula is C15H20F3NO2. The third kappa shape index (κ3) is 4.98. The Balaban J connectivity index is 1.84. The van der Waals surface area contributed by atoms with Crippen molar-refractivity contribution in [2.24, 2.45) is 0 Å². The zero-order valence-corrected chi connectivity index (χ0v) is 12.2. The van der Waals surface area contributed by atoms with E-state index in [-0.39, 0.29) is 18.3 Å². The van der Waals surface area contributed by atoms with Crippen molar-refractivity contribution in [3.63, 3.8) is 0 Å². The Bertz CT molecular complexity index is 474. The maximum Gasteiger partial charge on any atom is 0.416 e. The number of hydrogen-bond acceptors (Lipinski definition) is 3. The second-order valence-corrected chi connectivity index (χ2v) is 5.84. The molecule has 118 valence electrons. The van der Waals surface area contributed by atoms with Gasteiger partial charge in [-0.1, -0.05) is 12.1 Å². The highest BCUT2D eigenvalue weighted by molar-refractivity contribution is 5.25. The molecule has 0 bridgehead atoms. The van der Waals surface area contributed by atoms with Crippen LogP contribution in [0.3, 0.4) is 0 Å². The Morgan fingerprint density at radius 1 is 1.38 bits per heavy atom. The molecule has 6 heteroatoms. The van der Waals surface area contributed by atoms with Crippen LogP contribution >= 0.6 is 0 Å². The lowest BCUT2D eigenvalue weighted by atomic mass is 10.1. The van der Waals surface area contributed by atoms with Crippen molar-refractivity contribution in [2.45, 2.75) is 38.3 Å². The number of alkyl halides is 3. The maximum absolute atomic E-state index is 12.6. The fourth-order valence-corrected chi connectivity index (χ4v) is 2.31. The second kappa shape index (κ2) is 6.34. The van der Waals surface area contributed by atoms with Gasteiger partial charge in [0.25, 0.3) is 0 Å². The van der Waals surface area contributed by atoms with Crippen molar-refractivity contribution in [1.82, 2.24) is 5.32 Å². The van der Waals surface area contributed by atoms with Crippen LogP contribution in [0.4, 0.5) is 13.2 Å². The molecule has 3 nitrogen and oxygen atoms in total. The molecule has 0 saturated carbocycles. The molecule has 2 rings (SSSR count). The SMILES string of the molecule is CC1(C)CNCC(COCc2cccc(C(F)(F)F)c2)O1. The van der Waals surface area contributed by atoms with E-state index >= 15 is 0 Å². The molecule has 1 unspecified atom stereocenters. The predicted octanol–water partition coefficient (Wildman–Crippen LogP) is 2.99. The lowest BCUT2D eigenvalue weighted by Gasteiger charge is -2.36. The number of ether oxygens (including phenoxy) is 2. The van der Waals surface area contributed by atoms with Gasteiger partial charge in [-0.25, -0.2) is 0 Å². The molecule has 0 aromatic heterocycles. The van der Waals surface area contributed by atoms with Crippen LogP contribution in [0.25, 0.3) is 0 Å². The fourth-order valence-electron chi connectivity index (χ4n) is 2.31. The lowest BCUT2D eigenvalue weighted by Crippen LogP contribution is -2.51. The third-order valence-electron chi connectivity index (χ3n) is 3.24. The van der Waals surface area contributed by atoms with Gasteiger partial charge in [0.05, 0.1) is 30.5 Å². The minimum Gasteiger partial charge on any atom is -0.374 e. The number of morpholine rings is 1. The van der Waals surface area contributed by atoms with Crippen molar-refractivity contribution in [3.05, 3.63) is 35.4 Å². The number of hydrogen-bond donors (Lipinski definition) is 1. The van der Waals surface area contributed by atoms with Crippen molar-refractivity contribution in [3.8, 4) is 0 Å². The number of rotatable bonds is 4. The predicted molar refractivity (Wildman–Crippen MR) is 72.9 cm³/mol. The molecule has 0 spiro atoms. The van der Waals surface area contributed by atoms with Crippen LogP contribution < -0.4 is 5.32 Å². The molecule has 1 N–H and O–H groups in total. The standard InChI is InChI=1S/C15H20F3NO2/c1-14(2)10-19-7-13(21-14)9-20-8-11-4-3-5-12(6-11)15(16,17)18/h3-6,13,19H,7-10H2,1-2H3. The second-order valence-electron chi connectivity index (χ2n) is 5.84. The monoisotopic (exact) mass is 303 g/mol. The first-order valence-corrected chi connectivity index (χ1v) is 6.89. The summed E-state index contributed by atoms with van der Waals surface area (Å²) in [5.74, 6) is 0. The van der Waals surface area contributed by atoms with Crippen molar-refractivity contribution in [2.75, 3.05) is 19.7 Å². The Labute approximate surface area is 122 Å². The van der Waals surface area contributed by atoms with Crippen LogP contribution in [0.15, 0.2) is 24.3 Å². The molecule has 1 heterocycles. The number of nitrogens with one attached hydrogen (secondary N) is 1. The molecule has 0 aliphatic carbocycles. The Kier molecular flexibility index (Phi) is 4.91. The van der Waals surface area contributed by atoms with E-state index in [1.54, 1.807) is 6.07 Å². The van der Waals surface area contributed by atoms with E-state index in [1.165, 1.54) is 6.07 Å². The van der Waals surface area contributed by atoms with E-state index < -0.39 is 11.7 Å². The minimum absolute atomic E-state index is 0.0838. The molecule has 1 saturated heterocycles. The molecule has 1 fully saturated rings. The van der Waals surface area contributed by atoms with Gasteiger partial charge in [0, 0.05) is 13.1 Å². The van der Waals surface area contributed by atoms with E-state index in [4.69, 9.17) is 9.47 Å². The van der Waals surface area contributed by atoms with Gasteiger partial charge in [0.15, 0.2) is 0 Å². The lowest BCUT2D eigenvalue weighted by molar-refractivity contribution is -0.137.